The lowest BCUT2D eigenvalue weighted by atomic mass is 10.2. The topological polar surface area (TPSA) is 75.1 Å². The van der Waals surface area contributed by atoms with E-state index in [1.807, 2.05) is 13.8 Å². The Labute approximate surface area is 96.9 Å². The summed E-state index contributed by atoms with van der Waals surface area (Å²) in [6, 6.07) is 0. The van der Waals surface area contributed by atoms with Crippen molar-refractivity contribution < 1.29 is 18.7 Å². The van der Waals surface area contributed by atoms with Crippen molar-refractivity contribution in [2.75, 3.05) is 11.9 Å². The van der Waals surface area contributed by atoms with Gasteiger partial charge in [-0.2, -0.15) is 0 Å². The van der Waals surface area contributed by atoms with Gasteiger partial charge in [0.15, 0.2) is 5.69 Å². The van der Waals surface area contributed by atoms with Gasteiger partial charge in [0.1, 0.15) is 5.82 Å². The Hall–Kier alpha value is -1.79. The second kappa shape index (κ2) is 5.51. The molecule has 1 aromatic heterocycles. The molecule has 1 aromatic rings. The second-order valence-electron chi connectivity index (χ2n) is 3.72. The number of nitrogens with one attached hydrogen (secondary N) is 1. The van der Waals surface area contributed by atoms with Crippen molar-refractivity contribution in [2.24, 2.45) is 0 Å². The van der Waals surface area contributed by atoms with Crippen LogP contribution in [0.2, 0.25) is 0 Å². The molecule has 0 saturated carbocycles. The van der Waals surface area contributed by atoms with Crippen molar-refractivity contribution in [2.45, 2.75) is 26.2 Å². The van der Waals surface area contributed by atoms with Crippen LogP contribution in [0.1, 0.15) is 36.1 Å². The molecule has 1 heterocycles. The van der Waals surface area contributed by atoms with Gasteiger partial charge < -0.3 is 10.4 Å². The van der Waals surface area contributed by atoms with Gasteiger partial charge in [-0.05, 0) is 0 Å². The number of hydrogen-bond acceptors (Lipinski definition) is 4. The molecule has 17 heavy (non-hydrogen) atoms. The Balaban J connectivity index is 3.00. The average molecular weight is 245 g/mol. The predicted molar refractivity (Wildman–Crippen MR) is 57.6 cm³/mol. The van der Waals surface area contributed by atoms with Gasteiger partial charge in [0.05, 0.1) is 18.4 Å². The fourth-order valence-corrected chi connectivity index (χ4v) is 1.15. The first-order valence-electron chi connectivity index (χ1n) is 5.04. The quantitative estimate of drug-likeness (QED) is 0.829. The number of nitrogens with zero attached hydrogens (tertiary/aromatic N) is 2. The van der Waals surface area contributed by atoms with Crippen molar-refractivity contribution in [3.63, 3.8) is 0 Å². The van der Waals surface area contributed by atoms with Gasteiger partial charge >= 0.3 is 5.97 Å². The summed E-state index contributed by atoms with van der Waals surface area (Å²) in [6.07, 6.45) is -1.35. The third-order valence-corrected chi connectivity index (χ3v) is 1.97. The molecule has 94 valence electrons. The molecule has 0 bridgehead atoms. The van der Waals surface area contributed by atoms with E-state index in [1.54, 1.807) is 0 Å². The van der Waals surface area contributed by atoms with E-state index in [2.05, 4.69) is 15.3 Å². The second-order valence-corrected chi connectivity index (χ2v) is 3.72. The standard InChI is InChI=1S/C10H13F2N3O2/c1-5(2)9-14-3-6(13-4-7(11)12)8(15-9)10(16)17/h3,5,7,13H,4H2,1-2H3,(H,16,17). The van der Waals surface area contributed by atoms with E-state index in [0.29, 0.717) is 5.82 Å². The number of aromatic nitrogens is 2. The lowest BCUT2D eigenvalue weighted by molar-refractivity contribution is 0.0690. The van der Waals surface area contributed by atoms with Crippen molar-refractivity contribution in [3.05, 3.63) is 17.7 Å². The Kier molecular flexibility index (Phi) is 4.30. The summed E-state index contributed by atoms with van der Waals surface area (Å²) in [4.78, 5) is 18.7. The molecule has 0 aliphatic heterocycles. The highest BCUT2D eigenvalue weighted by Gasteiger charge is 2.16. The lowest BCUT2D eigenvalue weighted by Gasteiger charge is -2.10. The number of carboxylic acid groups (broad SMARTS) is 1. The molecule has 0 aliphatic carbocycles. The molecule has 0 unspecified atom stereocenters. The van der Waals surface area contributed by atoms with Crippen LogP contribution in [0, 0.1) is 0 Å². The number of halogens is 2. The SMILES string of the molecule is CC(C)c1ncc(NCC(F)F)c(C(=O)O)n1. The van der Waals surface area contributed by atoms with Crippen LogP contribution in [0.5, 0.6) is 0 Å². The van der Waals surface area contributed by atoms with Crippen molar-refractivity contribution >= 4 is 11.7 Å². The van der Waals surface area contributed by atoms with Gasteiger partial charge in [-0.3, -0.25) is 0 Å². The fraction of sp³-hybridized carbons (Fsp3) is 0.500. The monoisotopic (exact) mass is 245 g/mol. The summed E-state index contributed by atoms with van der Waals surface area (Å²) in [5, 5.41) is 11.2. The van der Waals surface area contributed by atoms with Crippen LogP contribution in [0.3, 0.4) is 0 Å². The minimum atomic E-state index is -2.57. The highest BCUT2D eigenvalue weighted by molar-refractivity contribution is 5.91. The smallest absolute Gasteiger partial charge is 0.356 e. The highest BCUT2D eigenvalue weighted by atomic mass is 19.3. The first kappa shape index (κ1) is 13.3. The van der Waals surface area contributed by atoms with Crippen LogP contribution in [0.25, 0.3) is 0 Å². The van der Waals surface area contributed by atoms with Gasteiger partial charge in [0, 0.05) is 5.92 Å². The number of aromatic carboxylic acids is 1. The van der Waals surface area contributed by atoms with Crippen LogP contribution in [-0.2, 0) is 0 Å². The molecule has 0 radical (unpaired) electrons. The number of alkyl halides is 2. The van der Waals surface area contributed by atoms with Crippen molar-refractivity contribution in [3.8, 4) is 0 Å². The van der Waals surface area contributed by atoms with E-state index in [-0.39, 0.29) is 17.3 Å². The van der Waals surface area contributed by atoms with Crippen molar-refractivity contribution in [1.82, 2.24) is 9.97 Å². The normalized spacial score (nSPS) is 10.9. The molecule has 7 heteroatoms. The maximum absolute atomic E-state index is 12.0. The van der Waals surface area contributed by atoms with Crippen LogP contribution >= 0.6 is 0 Å². The maximum atomic E-state index is 12.0. The number of anilines is 1. The molecule has 0 spiro atoms. The van der Waals surface area contributed by atoms with Gasteiger partial charge in [-0.1, -0.05) is 13.8 Å². The molecular weight excluding hydrogens is 232 g/mol. The van der Waals surface area contributed by atoms with E-state index < -0.39 is 18.9 Å². The van der Waals surface area contributed by atoms with Crippen molar-refractivity contribution in [1.29, 1.82) is 0 Å². The van der Waals surface area contributed by atoms with E-state index in [1.165, 1.54) is 6.20 Å². The van der Waals surface area contributed by atoms with Gasteiger partial charge in [-0.15, -0.1) is 0 Å². The van der Waals surface area contributed by atoms with Crippen LogP contribution in [0.4, 0.5) is 14.5 Å². The summed E-state index contributed by atoms with van der Waals surface area (Å²) in [6.45, 7) is 2.99. The molecule has 0 fully saturated rings. The first-order valence-corrected chi connectivity index (χ1v) is 5.04. The maximum Gasteiger partial charge on any atom is 0.356 e. The first-order chi connectivity index (χ1) is 7.91. The lowest BCUT2D eigenvalue weighted by Crippen LogP contribution is -2.16. The zero-order chi connectivity index (χ0) is 13.0. The molecule has 5 nitrogen and oxygen atoms in total. The Morgan fingerprint density at radius 3 is 2.65 bits per heavy atom. The average Bonchev–Trinajstić information content (AvgIpc) is 2.25. The number of carboxylic acids is 1. The Morgan fingerprint density at radius 2 is 2.18 bits per heavy atom. The molecule has 0 saturated heterocycles. The van der Waals surface area contributed by atoms with E-state index in [9.17, 15) is 13.6 Å². The number of carbonyl (C=O) groups is 1. The van der Waals surface area contributed by atoms with E-state index >= 15 is 0 Å². The van der Waals surface area contributed by atoms with E-state index in [0.717, 1.165) is 0 Å². The zero-order valence-electron chi connectivity index (χ0n) is 9.44. The fourth-order valence-electron chi connectivity index (χ4n) is 1.15. The summed E-state index contributed by atoms with van der Waals surface area (Å²) in [5.41, 5.74) is -0.286. The predicted octanol–water partition coefficient (Wildman–Crippen LogP) is 1.98. The molecular formula is C10H13F2N3O2. The highest BCUT2D eigenvalue weighted by Crippen LogP contribution is 2.16. The van der Waals surface area contributed by atoms with Gasteiger partial charge in [0.2, 0.25) is 0 Å². The minimum Gasteiger partial charge on any atom is -0.476 e. The van der Waals surface area contributed by atoms with Gasteiger partial charge in [-0.25, -0.2) is 23.5 Å². The summed E-state index contributed by atoms with van der Waals surface area (Å²) >= 11 is 0. The van der Waals surface area contributed by atoms with Crippen LogP contribution in [-0.4, -0.2) is 34.0 Å². The van der Waals surface area contributed by atoms with Crippen LogP contribution < -0.4 is 5.32 Å². The molecule has 0 aliphatic rings. The Morgan fingerprint density at radius 1 is 1.53 bits per heavy atom. The number of rotatable bonds is 5. The minimum absolute atomic E-state index is 0.00204. The number of hydrogen-bond donors (Lipinski definition) is 2. The largest absolute Gasteiger partial charge is 0.476 e. The summed E-state index contributed by atoms with van der Waals surface area (Å²) in [7, 11) is 0. The zero-order valence-corrected chi connectivity index (χ0v) is 9.44. The van der Waals surface area contributed by atoms with E-state index in [4.69, 9.17) is 5.11 Å². The van der Waals surface area contributed by atoms with Gasteiger partial charge in [0.25, 0.3) is 6.43 Å². The third-order valence-electron chi connectivity index (χ3n) is 1.97. The molecule has 0 aromatic carbocycles. The summed E-state index contributed by atoms with van der Waals surface area (Å²) in [5.74, 6) is -0.937. The molecule has 1 rings (SSSR count). The molecule has 0 atom stereocenters. The third kappa shape index (κ3) is 3.61. The summed E-state index contributed by atoms with van der Waals surface area (Å²) < 4.78 is 24.0. The Bertz CT molecular complexity index is 411. The molecule has 2 N–H and O–H groups in total. The molecule has 0 amide bonds. The van der Waals surface area contributed by atoms with Crippen LogP contribution in [0.15, 0.2) is 6.20 Å².